The number of anilines is 1. The number of benzene rings is 2. The van der Waals surface area contributed by atoms with E-state index in [1.54, 1.807) is 25.1 Å². The number of halogens is 1. The highest BCUT2D eigenvalue weighted by Gasteiger charge is 2.12. The van der Waals surface area contributed by atoms with Gasteiger partial charge < -0.3 is 10.3 Å². The predicted octanol–water partition coefficient (Wildman–Crippen LogP) is 3.54. The zero-order valence-electron chi connectivity index (χ0n) is 12.7. The number of H-pyrrole nitrogens is 1. The van der Waals surface area contributed by atoms with Crippen LogP contribution in [0.3, 0.4) is 0 Å². The number of hydrogen-bond acceptors (Lipinski definition) is 2. The van der Waals surface area contributed by atoms with E-state index in [0.717, 1.165) is 10.9 Å². The summed E-state index contributed by atoms with van der Waals surface area (Å²) in [6, 6.07) is 11.0. The van der Waals surface area contributed by atoms with Crippen molar-refractivity contribution in [1.82, 2.24) is 4.98 Å². The fourth-order valence-electron chi connectivity index (χ4n) is 2.48. The standard InChI is InChI=1S/C18H15FN2O2/c1-10-11(2)17(22)21-16-9-12(7-8-13(10)16)20-18(23)14-5-3-4-6-15(14)19/h3-9H,1-2H3,(H,20,23)(H,21,22). The predicted molar refractivity (Wildman–Crippen MR) is 88.4 cm³/mol. The van der Waals surface area contributed by atoms with Crippen molar-refractivity contribution >= 4 is 22.5 Å². The number of pyridine rings is 1. The minimum Gasteiger partial charge on any atom is -0.322 e. The number of aromatic amines is 1. The molecule has 1 heterocycles. The van der Waals surface area contributed by atoms with Gasteiger partial charge in [0.2, 0.25) is 0 Å². The van der Waals surface area contributed by atoms with Crippen LogP contribution < -0.4 is 10.9 Å². The first-order chi connectivity index (χ1) is 11.0. The molecule has 0 atom stereocenters. The molecule has 1 amide bonds. The molecule has 1 aromatic heterocycles. The van der Waals surface area contributed by atoms with Gasteiger partial charge in [0, 0.05) is 16.6 Å². The van der Waals surface area contributed by atoms with E-state index in [4.69, 9.17) is 0 Å². The Morgan fingerprint density at radius 2 is 1.83 bits per heavy atom. The van der Waals surface area contributed by atoms with Crippen molar-refractivity contribution in [2.24, 2.45) is 0 Å². The van der Waals surface area contributed by atoms with Crippen molar-refractivity contribution in [2.45, 2.75) is 13.8 Å². The van der Waals surface area contributed by atoms with E-state index in [-0.39, 0.29) is 11.1 Å². The molecule has 0 saturated carbocycles. The van der Waals surface area contributed by atoms with Gasteiger partial charge in [-0.05, 0) is 43.7 Å². The van der Waals surface area contributed by atoms with Crippen molar-refractivity contribution in [2.75, 3.05) is 5.32 Å². The Morgan fingerprint density at radius 3 is 2.57 bits per heavy atom. The van der Waals surface area contributed by atoms with Crippen LogP contribution in [0.1, 0.15) is 21.5 Å². The number of carbonyl (C=O) groups is 1. The second-order valence-electron chi connectivity index (χ2n) is 5.40. The number of carbonyl (C=O) groups excluding carboxylic acids is 1. The number of aromatic nitrogens is 1. The smallest absolute Gasteiger partial charge is 0.258 e. The summed E-state index contributed by atoms with van der Waals surface area (Å²) in [5.41, 5.74) is 2.50. The quantitative estimate of drug-likeness (QED) is 0.760. The average Bonchev–Trinajstić information content (AvgIpc) is 2.53. The molecule has 0 aliphatic carbocycles. The van der Waals surface area contributed by atoms with Crippen LogP contribution in [0.25, 0.3) is 10.9 Å². The van der Waals surface area contributed by atoms with Gasteiger partial charge in [0.05, 0.1) is 11.1 Å². The second-order valence-corrected chi connectivity index (χ2v) is 5.40. The molecular weight excluding hydrogens is 295 g/mol. The molecule has 0 unspecified atom stereocenters. The largest absolute Gasteiger partial charge is 0.322 e. The Labute approximate surface area is 132 Å². The van der Waals surface area contributed by atoms with Crippen LogP contribution >= 0.6 is 0 Å². The molecule has 0 aliphatic heterocycles. The van der Waals surface area contributed by atoms with Gasteiger partial charge >= 0.3 is 0 Å². The van der Waals surface area contributed by atoms with Crippen LogP contribution in [-0.2, 0) is 0 Å². The van der Waals surface area contributed by atoms with Gasteiger partial charge in [0.1, 0.15) is 5.82 Å². The van der Waals surface area contributed by atoms with E-state index in [2.05, 4.69) is 10.3 Å². The summed E-state index contributed by atoms with van der Waals surface area (Å²) in [6.45, 7) is 3.64. The van der Waals surface area contributed by atoms with Gasteiger partial charge in [0.25, 0.3) is 11.5 Å². The third-order valence-corrected chi connectivity index (χ3v) is 3.95. The van der Waals surface area contributed by atoms with Crippen LogP contribution in [-0.4, -0.2) is 10.9 Å². The molecule has 116 valence electrons. The summed E-state index contributed by atoms with van der Waals surface area (Å²) in [6.07, 6.45) is 0. The third-order valence-electron chi connectivity index (χ3n) is 3.95. The van der Waals surface area contributed by atoms with Crippen LogP contribution in [0.4, 0.5) is 10.1 Å². The highest BCUT2D eigenvalue weighted by Crippen LogP contribution is 2.21. The van der Waals surface area contributed by atoms with Gasteiger partial charge in [-0.15, -0.1) is 0 Å². The molecule has 2 N–H and O–H groups in total. The molecule has 0 radical (unpaired) electrons. The van der Waals surface area contributed by atoms with Crippen LogP contribution in [0.2, 0.25) is 0 Å². The monoisotopic (exact) mass is 310 g/mol. The van der Waals surface area contributed by atoms with E-state index >= 15 is 0 Å². The summed E-state index contributed by atoms with van der Waals surface area (Å²) in [7, 11) is 0. The maximum Gasteiger partial charge on any atom is 0.258 e. The third kappa shape index (κ3) is 2.73. The zero-order chi connectivity index (χ0) is 16.6. The lowest BCUT2D eigenvalue weighted by Crippen LogP contribution is -2.14. The molecule has 0 aliphatic rings. The van der Waals surface area contributed by atoms with E-state index < -0.39 is 11.7 Å². The average molecular weight is 310 g/mol. The van der Waals surface area contributed by atoms with Gasteiger partial charge in [0.15, 0.2) is 0 Å². The second kappa shape index (κ2) is 5.68. The van der Waals surface area contributed by atoms with Crippen molar-refractivity contribution in [3.63, 3.8) is 0 Å². The minimum absolute atomic E-state index is 0.0267. The number of rotatable bonds is 2. The lowest BCUT2D eigenvalue weighted by atomic mass is 10.1. The number of nitrogens with one attached hydrogen (secondary N) is 2. The summed E-state index contributed by atoms with van der Waals surface area (Å²) in [4.78, 5) is 26.8. The van der Waals surface area contributed by atoms with Crippen molar-refractivity contribution in [3.8, 4) is 0 Å². The number of fused-ring (bicyclic) bond motifs is 1. The molecule has 23 heavy (non-hydrogen) atoms. The summed E-state index contributed by atoms with van der Waals surface area (Å²) >= 11 is 0. The molecule has 0 spiro atoms. The molecule has 3 aromatic rings. The normalized spacial score (nSPS) is 10.7. The molecule has 0 fully saturated rings. The number of hydrogen-bond donors (Lipinski definition) is 2. The summed E-state index contributed by atoms with van der Waals surface area (Å²) < 4.78 is 13.6. The summed E-state index contributed by atoms with van der Waals surface area (Å²) in [5.74, 6) is -1.11. The molecule has 0 saturated heterocycles. The SMILES string of the molecule is Cc1c(C)c2ccc(NC(=O)c3ccccc3F)cc2[nH]c1=O. The van der Waals surface area contributed by atoms with Crippen molar-refractivity contribution < 1.29 is 9.18 Å². The highest BCUT2D eigenvalue weighted by atomic mass is 19.1. The van der Waals surface area contributed by atoms with Crippen LogP contribution in [0.5, 0.6) is 0 Å². The molecular formula is C18H15FN2O2. The lowest BCUT2D eigenvalue weighted by molar-refractivity contribution is 0.102. The van der Waals surface area contributed by atoms with Crippen molar-refractivity contribution in [1.29, 1.82) is 0 Å². The fourth-order valence-corrected chi connectivity index (χ4v) is 2.48. The van der Waals surface area contributed by atoms with Crippen LogP contribution in [0.15, 0.2) is 47.3 Å². The van der Waals surface area contributed by atoms with Gasteiger partial charge in [-0.1, -0.05) is 18.2 Å². The van der Waals surface area contributed by atoms with Gasteiger partial charge in [-0.2, -0.15) is 0 Å². The van der Waals surface area contributed by atoms with E-state index in [0.29, 0.717) is 16.8 Å². The maximum absolute atomic E-state index is 13.6. The van der Waals surface area contributed by atoms with Gasteiger partial charge in [-0.25, -0.2) is 4.39 Å². The number of aryl methyl sites for hydroxylation is 1. The molecule has 5 heteroatoms. The lowest BCUT2D eigenvalue weighted by Gasteiger charge is -2.09. The molecule has 4 nitrogen and oxygen atoms in total. The Balaban J connectivity index is 1.99. The van der Waals surface area contributed by atoms with Crippen LogP contribution in [0, 0.1) is 19.7 Å². The van der Waals surface area contributed by atoms with E-state index in [1.807, 2.05) is 13.0 Å². The first-order valence-electron chi connectivity index (χ1n) is 7.16. The first-order valence-corrected chi connectivity index (χ1v) is 7.16. The van der Waals surface area contributed by atoms with E-state index in [1.165, 1.54) is 18.2 Å². The van der Waals surface area contributed by atoms with Crippen molar-refractivity contribution in [3.05, 3.63) is 75.3 Å². The first kappa shape index (κ1) is 15.0. The molecule has 2 aromatic carbocycles. The van der Waals surface area contributed by atoms with Gasteiger partial charge in [-0.3, -0.25) is 9.59 Å². The fraction of sp³-hybridized carbons (Fsp3) is 0.111. The molecule has 3 rings (SSSR count). The summed E-state index contributed by atoms with van der Waals surface area (Å²) in [5, 5.41) is 3.55. The minimum atomic E-state index is -0.578. The Bertz CT molecular complexity index is 976. The Morgan fingerprint density at radius 1 is 1.09 bits per heavy atom. The highest BCUT2D eigenvalue weighted by molar-refractivity contribution is 6.05. The zero-order valence-corrected chi connectivity index (χ0v) is 12.7. The van der Waals surface area contributed by atoms with E-state index in [9.17, 15) is 14.0 Å². The Hall–Kier alpha value is -2.95. The Kier molecular flexibility index (Phi) is 3.70. The topological polar surface area (TPSA) is 62.0 Å². The number of amides is 1. The molecule has 0 bridgehead atoms. The maximum atomic E-state index is 13.6.